The topological polar surface area (TPSA) is 582 Å². The van der Waals surface area contributed by atoms with E-state index in [0.717, 1.165) is 63.8 Å². The van der Waals surface area contributed by atoms with E-state index in [9.17, 15) is 23.8 Å². The van der Waals surface area contributed by atoms with E-state index in [4.69, 9.17) is 29.0 Å². The van der Waals surface area contributed by atoms with Gasteiger partial charge in [-0.25, -0.2) is 9.68 Å². The summed E-state index contributed by atoms with van der Waals surface area (Å²) in [7, 11) is -5.02. The van der Waals surface area contributed by atoms with Gasteiger partial charge in [0.25, 0.3) is 7.82 Å². The molecule has 56 nitrogen and oxygen atoms in total. The Morgan fingerprint density at radius 1 is 0.333 bits per heavy atom. The maximum Gasteiger partial charge on any atom is 0.407 e. The molecular weight excluding hydrogens is 1500 g/mol. The molecule has 105 heavy (non-hydrogen) atoms. The predicted molar refractivity (Wildman–Crippen MR) is 294 cm³/mol. The Kier molecular flexibility index (Phi) is 83.8. The Hall–Kier alpha value is -4.06. The molecule has 0 aromatic heterocycles. The van der Waals surface area contributed by atoms with Crippen molar-refractivity contribution < 1.29 is 268 Å². The molecule has 0 heterocycles. The summed E-state index contributed by atoms with van der Waals surface area (Å²) in [5.74, 6) is -1.09. The SMILES string of the molecule is CCCCCCCCCCCCCCCCCCCC(=O)OC[C@H](COP(=O)([O-])OCCNC(=O)OCCOOOOOOOOOOOOOOOOOOOOOOOOOOOOOOOOOOOOOOOOOOOO/C=C\N)OC(=O)CCCCCCCCCCCCCCCCC. The van der Waals surface area contributed by atoms with Crippen LogP contribution in [0.2, 0.25) is 0 Å². The molecule has 0 aliphatic rings. The number of amides is 1. The lowest BCUT2D eigenvalue weighted by Gasteiger charge is -2.25. The number of carbonyl (C=O) groups is 3. The minimum absolute atomic E-state index is 0.0934. The summed E-state index contributed by atoms with van der Waals surface area (Å²) in [4.78, 5) is 58.6. The number of hydrogen-bond acceptors (Lipinski definition) is 55. The highest BCUT2D eigenvalue weighted by molar-refractivity contribution is 7.45. The third kappa shape index (κ3) is 87.1. The molecule has 0 aromatic carbocycles. The molecule has 0 rings (SSSR count). The second-order valence-corrected chi connectivity index (χ2v) is 21.1. The first-order valence-electron chi connectivity index (χ1n) is 32.2. The fourth-order valence-electron chi connectivity index (χ4n) is 7.57. The molecule has 624 valence electrons. The van der Waals surface area contributed by atoms with Crippen LogP contribution in [0.1, 0.15) is 232 Å². The Bertz CT molecular complexity index is 1860. The van der Waals surface area contributed by atoms with Crippen LogP contribution >= 0.6 is 7.82 Å². The van der Waals surface area contributed by atoms with Crippen molar-refractivity contribution in [3.05, 3.63) is 12.5 Å². The van der Waals surface area contributed by atoms with Gasteiger partial charge >= 0.3 is 18.0 Å². The first kappa shape index (κ1) is 101. The lowest BCUT2D eigenvalue weighted by Crippen LogP contribution is -2.31. The number of nitrogens with one attached hydrogen (secondary N) is 1. The first-order chi connectivity index (χ1) is 51.7. The second-order valence-electron chi connectivity index (χ2n) is 19.6. The molecule has 0 bridgehead atoms. The summed E-state index contributed by atoms with van der Waals surface area (Å²) < 4.78 is 38.1. The zero-order valence-corrected chi connectivity index (χ0v) is 58.0. The zero-order chi connectivity index (χ0) is 75.9. The summed E-state index contributed by atoms with van der Waals surface area (Å²) in [5, 5.41) is 154. The fourth-order valence-corrected chi connectivity index (χ4v) is 8.31. The third-order valence-electron chi connectivity index (χ3n) is 12.0. The molecule has 0 saturated carbocycles. The largest absolute Gasteiger partial charge is 0.756 e. The predicted octanol–water partition coefficient (Wildman–Crippen LogP) is 9.48. The number of ether oxygens (including phenoxy) is 3. The van der Waals surface area contributed by atoms with E-state index in [1.54, 1.807) is 0 Å². The lowest BCUT2D eigenvalue weighted by molar-refractivity contribution is -0.909. The smallest absolute Gasteiger partial charge is 0.407 e. The van der Waals surface area contributed by atoms with Gasteiger partial charge in [0, 0.05) is 197 Å². The monoisotopic (exact) mass is 1590 g/mol. The Labute approximate surface area is 594 Å². The van der Waals surface area contributed by atoms with E-state index < -0.39 is 65.0 Å². The van der Waals surface area contributed by atoms with Gasteiger partial charge in [0.15, 0.2) is 6.10 Å². The van der Waals surface area contributed by atoms with Gasteiger partial charge in [0.1, 0.15) is 26.1 Å². The van der Waals surface area contributed by atoms with Gasteiger partial charge in [-0.15, -0.1) is 0 Å². The van der Waals surface area contributed by atoms with Crippen LogP contribution in [0, 0.1) is 0 Å². The summed E-state index contributed by atoms with van der Waals surface area (Å²) >= 11 is 0. The van der Waals surface area contributed by atoms with Crippen LogP contribution in [-0.4, -0.2) is 63.7 Å². The summed E-state index contributed by atoms with van der Waals surface area (Å²) in [6, 6.07) is 0. The average molecular weight is 1590 g/mol. The summed E-state index contributed by atoms with van der Waals surface area (Å²) in [6.45, 7) is 1.50. The van der Waals surface area contributed by atoms with Crippen molar-refractivity contribution in [3.8, 4) is 0 Å². The van der Waals surface area contributed by atoms with E-state index in [0.29, 0.717) is 12.8 Å². The number of unbranched alkanes of at least 4 members (excludes halogenated alkanes) is 30. The van der Waals surface area contributed by atoms with Crippen LogP contribution in [0.15, 0.2) is 12.5 Å². The van der Waals surface area contributed by atoms with Crippen LogP contribution in [0.5, 0.6) is 0 Å². The number of rotatable bonds is 91. The highest BCUT2D eigenvalue weighted by Crippen LogP contribution is 2.38. The van der Waals surface area contributed by atoms with Gasteiger partial charge in [-0.1, -0.05) is 206 Å². The second kappa shape index (κ2) is 87.2. The van der Waals surface area contributed by atoms with Gasteiger partial charge in [-0.2, -0.15) is 0 Å². The Morgan fingerprint density at radius 2 is 0.610 bits per heavy atom. The minimum atomic E-state index is -5.02. The van der Waals surface area contributed by atoms with Crippen molar-refractivity contribution >= 4 is 25.9 Å². The van der Waals surface area contributed by atoms with Crippen molar-refractivity contribution in [2.45, 2.75) is 238 Å². The molecule has 0 aliphatic carbocycles. The van der Waals surface area contributed by atoms with Crippen molar-refractivity contribution in [2.75, 3.05) is 39.6 Å². The van der Waals surface area contributed by atoms with Crippen LogP contribution in [0.25, 0.3) is 0 Å². The number of phosphoric acid groups is 1. The number of hydrogen-bond donors (Lipinski definition) is 2. The summed E-state index contributed by atoms with van der Waals surface area (Å²) in [5.41, 5.74) is 4.88. The first-order valence-corrected chi connectivity index (χ1v) is 33.7. The molecular formula is C48H92N2O54P-. The van der Waals surface area contributed by atoms with Crippen molar-refractivity contribution in [2.24, 2.45) is 5.73 Å². The van der Waals surface area contributed by atoms with Crippen LogP contribution in [0.4, 0.5) is 4.79 Å². The minimum Gasteiger partial charge on any atom is -0.756 e. The fraction of sp³-hybridized carbons (Fsp3) is 0.896. The number of carbonyl (C=O) groups excluding carboxylic acids is 3. The van der Waals surface area contributed by atoms with Gasteiger partial charge < -0.3 is 44.1 Å². The molecule has 0 spiro atoms. The van der Waals surface area contributed by atoms with Gasteiger partial charge in [-0.3, -0.25) is 14.2 Å². The molecule has 2 atom stereocenters. The van der Waals surface area contributed by atoms with Gasteiger partial charge in [0.2, 0.25) is 0 Å². The van der Waals surface area contributed by atoms with E-state index in [-0.39, 0.29) is 19.4 Å². The van der Waals surface area contributed by atoms with Crippen molar-refractivity contribution in [3.63, 3.8) is 0 Å². The molecule has 0 aliphatic heterocycles. The normalized spacial score (nSPS) is 12.5. The van der Waals surface area contributed by atoms with Gasteiger partial charge in [0.05, 0.1) is 13.2 Å². The molecule has 1 unspecified atom stereocenters. The molecule has 3 N–H and O–H groups in total. The molecule has 0 saturated heterocycles. The molecule has 57 heteroatoms. The van der Waals surface area contributed by atoms with Crippen LogP contribution < -0.4 is 15.9 Å². The van der Waals surface area contributed by atoms with Crippen LogP contribution in [-0.2, 0) is 259 Å². The van der Waals surface area contributed by atoms with Crippen LogP contribution in [0.3, 0.4) is 0 Å². The van der Waals surface area contributed by atoms with E-state index in [2.05, 4.69) is 241 Å². The zero-order valence-electron chi connectivity index (χ0n) is 57.1. The molecule has 0 aromatic rings. The van der Waals surface area contributed by atoms with E-state index in [1.807, 2.05) is 0 Å². The highest BCUT2D eigenvalue weighted by Gasteiger charge is 2.22. The number of esters is 2. The third-order valence-corrected chi connectivity index (χ3v) is 13.0. The average Bonchev–Trinajstić information content (AvgIpc) is 0.965. The number of nitrogens with two attached hydrogens (primary N) is 1. The number of phosphoric ester groups is 1. The number of alkyl carbamates (subject to hydrolysis) is 1. The van der Waals surface area contributed by atoms with Crippen molar-refractivity contribution in [1.82, 2.24) is 5.32 Å². The summed E-state index contributed by atoms with van der Waals surface area (Å²) in [6.07, 6.45) is 37.7. The standard InChI is InChI=1S/C48H93N2O54P/c1-3-5-7-9-11-13-15-17-19-20-22-23-25-27-29-31-33-35-46(51)57-43-45(62-47(52)36-34-32-30-28-26-24-21-18-16-14-12-10-8-6-4-2)44-61-105(54,55)60-40-38-50-48(53)56-41-42-59-64-66-68-70-72-74-76-78-80-82-84-86-88-90-92-94-96-98-100-102-104-103-101-99-97-95-93-91-89-87-85-83-81-79-77-75-73-71-69-67-65-63-58-39-37-49/h37,39,45H,3-36,38,40-44,49H2,1-2H3,(H,50,53)(H,54,55)/p-1/b39-37-/t45-/m1/s1. The van der Waals surface area contributed by atoms with E-state index in [1.165, 1.54) is 141 Å². The molecule has 0 fully saturated rings. The molecule has 0 radical (unpaired) electrons. The maximum atomic E-state index is 12.9. The highest BCUT2D eigenvalue weighted by atomic mass is 31.2. The molecule has 1 amide bonds. The Morgan fingerprint density at radius 3 is 0.914 bits per heavy atom. The quantitative estimate of drug-likeness (QED) is 0.0109. The lowest BCUT2D eigenvalue weighted by atomic mass is 10.0. The Balaban J connectivity index is 3.93. The maximum absolute atomic E-state index is 12.9. The van der Waals surface area contributed by atoms with Gasteiger partial charge in [-0.05, 0) is 53.1 Å². The van der Waals surface area contributed by atoms with Crippen molar-refractivity contribution in [1.29, 1.82) is 0 Å². The van der Waals surface area contributed by atoms with E-state index >= 15 is 0 Å².